The highest BCUT2D eigenvalue weighted by atomic mass is 32.1. The quantitative estimate of drug-likeness (QED) is 0.676. The van der Waals surface area contributed by atoms with Gasteiger partial charge in [-0.2, -0.15) is 5.26 Å². The number of allylic oxidation sites excluding steroid dienone is 1. The third kappa shape index (κ3) is 3.04. The fourth-order valence-electron chi connectivity index (χ4n) is 1.91. The maximum Gasteiger partial charge on any atom is 0.134 e. The normalized spacial score (nSPS) is 11.1. The molecule has 0 saturated heterocycles. The molecule has 2 aromatic heterocycles. The maximum absolute atomic E-state index is 9.35. The first-order valence-corrected chi connectivity index (χ1v) is 7.28. The summed E-state index contributed by atoms with van der Waals surface area (Å²) in [6.07, 6.45) is 5.24. The Hall–Kier alpha value is -2.77. The van der Waals surface area contributed by atoms with Gasteiger partial charge in [-0.05, 0) is 17.7 Å². The molecule has 1 aromatic carbocycles. The number of hydrogen-bond acceptors (Lipinski definition) is 4. The average Bonchev–Trinajstić information content (AvgIpc) is 3.04. The van der Waals surface area contributed by atoms with Gasteiger partial charge in [-0.3, -0.25) is 4.98 Å². The third-order valence-electron chi connectivity index (χ3n) is 2.92. The smallest absolute Gasteiger partial charge is 0.134 e. The number of hydrogen-bond donors (Lipinski definition) is 0. The monoisotopic (exact) mass is 289 g/mol. The topological polar surface area (TPSA) is 49.6 Å². The summed E-state index contributed by atoms with van der Waals surface area (Å²) in [4.78, 5) is 8.60. The first kappa shape index (κ1) is 13.2. The first-order valence-electron chi connectivity index (χ1n) is 6.40. The van der Waals surface area contributed by atoms with Gasteiger partial charge in [-0.25, -0.2) is 4.98 Å². The largest absolute Gasteiger partial charge is 0.264 e. The zero-order valence-corrected chi connectivity index (χ0v) is 11.9. The lowest BCUT2D eigenvalue weighted by atomic mass is 10.1. The van der Waals surface area contributed by atoms with E-state index in [0.29, 0.717) is 5.57 Å². The van der Waals surface area contributed by atoms with Crippen molar-refractivity contribution in [2.45, 2.75) is 0 Å². The number of nitriles is 1. The Morgan fingerprint density at radius 3 is 2.71 bits per heavy atom. The Kier molecular flexibility index (Phi) is 3.85. The van der Waals surface area contributed by atoms with Crippen LogP contribution in [-0.2, 0) is 0 Å². The summed E-state index contributed by atoms with van der Waals surface area (Å²) in [5.74, 6) is 0. The Bertz CT molecular complexity index is 799. The zero-order valence-electron chi connectivity index (χ0n) is 11.1. The van der Waals surface area contributed by atoms with Gasteiger partial charge in [0.2, 0.25) is 0 Å². The Morgan fingerprint density at radius 2 is 2.00 bits per heavy atom. The molecule has 0 aliphatic heterocycles. The molecule has 0 radical (unpaired) electrons. The van der Waals surface area contributed by atoms with E-state index in [9.17, 15) is 5.26 Å². The van der Waals surface area contributed by atoms with Crippen molar-refractivity contribution in [2.75, 3.05) is 0 Å². The van der Waals surface area contributed by atoms with E-state index < -0.39 is 0 Å². The van der Waals surface area contributed by atoms with Crippen molar-refractivity contribution in [1.82, 2.24) is 9.97 Å². The summed E-state index contributed by atoms with van der Waals surface area (Å²) in [5.41, 5.74) is 3.39. The fraction of sp³-hybridized carbons (Fsp3) is 0. The summed E-state index contributed by atoms with van der Waals surface area (Å²) in [5, 5.41) is 12.0. The van der Waals surface area contributed by atoms with Crippen molar-refractivity contribution < 1.29 is 0 Å². The van der Waals surface area contributed by atoms with Crippen molar-refractivity contribution in [3.63, 3.8) is 0 Å². The van der Waals surface area contributed by atoms with Crippen LogP contribution in [0.3, 0.4) is 0 Å². The maximum atomic E-state index is 9.35. The molecule has 3 nitrogen and oxygen atoms in total. The minimum atomic E-state index is 0.551. The van der Waals surface area contributed by atoms with E-state index in [1.807, 2.05) is 47.8 Å². The van der Waals surface area contributed by atoms with Crippen LogP contribution in [-0.4, -0.2) is 9.97 Å². The molecule has 0 aliphatic carbocycles. The lowest BCUT2D eigenvalue weighted by Crippen LogP contribution is -1.83. The van der Waals surface area contributed by atoms with E-state index in [1.165, 1.54) is 11.3 Å². The second-order valence-corrected chi connectivity index (χ2v) is 5.22. The SMILES string of the molecule is N#C/C(=C\c1cccnc1)c1nc(-c2ccccc2)cs1. The molecule has 0 fully saturated rings. The number of thiazole rings is 1. The van der Waals surface area contributed by atoms with Crippen LogP contribution in [0.15, 0.2) is 60.2 Å². The molecule has 100 valence electrons. The fourth-order valence-corrected chi connectivity index (χ4v) is 2.70. The molecule has 2 heterocycles. The highest BCUT2D eigenvalue weighted by molar-refractivity contribution is 7.11. The van der Waals surface area contributed by atoms with Crippen molar-refractivity contribution in [2.24, 2.45) is 0 Å². The number of nitrogens with zero attached hydrogens (tertiary/aromatic N) is 3. The predicted molar refractivity (Wildman–Crippen MR) is 85.3 cm³/mol. The van der Waals surface area contributed by atoms with Crippen LogP contribution in [0.4, 0.5) is 0 Å². The van der Waals surface area contributed by atoms with E-state index >= 15 is 0 Å². The van der Waals surface area contributed by atoms with E-state index in [4.69, 9.17) is 0 Å². The lowest BCUT2D eigenvalue weighted by molar-refractivity contribution is 1.32. The van der Waals surface area contributed by atoms with Crippen LogP contribution < -0.4 is 0 Å². The molecule has 0 bridgehead atoms. The van der Waals surface area contributed by atoms with Crippen LogP contribution in [0.5, 0.6) is 0 Å². The van der Waals surface area contributed by atoms with E-state index in [0.717, 1.165) is 21.8 Å². The van der Waals surface area contributed by atoms with Crippen LogP contribution in [0.2, 0.25) is 0 Å². The van der Waals surface area contributed by atoms with E-state index in [-0.39, 0.29) is 0 Å². The van der Waals surface area contributed by atoms with Crippen LogP contribution in [0.25, 0.3) is 22.9 Å². The number of rotatable bonds is 3. The molecule has 0 aliphatic rings. The highest BCUT2D eigenvalue weighted by Crippen LogP contribution is 2.26. The van der Waals surface area contributed by atoms with Crippen LogP contribution >= 0.6 is 11.3 Å². The summed E-state index contributed by atoms with van der Waals surface area (Å²) in [6, 6.07) is 15.9. The molecule has 0 saturated carbocycles. The molecule has 0 unspecified atom stereocenters. The molecule has 21 heavy (non-hydrogen) atoms. The number of pyridine rings is 1. The van der Waals surface area contributed by atoms with Crippen LogP contribution in [0.1, 0.15) is 10.6 Å². The lowest BCUT2D eigenvalue weighted by Gasteiger charge is -1.96. The van der Waals surface area contributed by atoms with Crippen molar-refractivity contribution in [3.05, 3.63) is 70.8 Å². The van der Waals surface area contributed by atoms with Gasteiger partial charge in [0.15, 0.2) is 0 Å². The molecule has 0 N–H and O–H groups in total. The van der Waals surface area contributed by atoms with Crippen LogP contribution in [0, 0.1) is 11.3 Å². The number of aromatic nitrogens is 2. The number of benzene rings is 1. The van der Waals surface area contributed by atoms with Gasteiger partial charge in [-0.1, -0.05) is 36.4 Å². The molecule has 0 spiro atoms. The van der Waals surface area contributed by atoms with Crippen molar-refractivity contribution >= 4 is 23.0 Å². The Morgan fingerprint density at radius 1 is 1.14 bits per heavy atom. The van der Waals surface area contributed by atoms with Crippen molar-refractivity contribution in [3.8, 4) is 17.3 Å². The van der Waals surface area contributed by atoms with Gasteiger partial charge < -0.3 is 0 Å². The third-order valence-corrected chi connectivity index (χ3v) is 3.80. The van der Waals surface area contributed by atoms with Gasteiger partial charge in [0, 0.05) is 23.3 Å². The summed E-state index contributed by atoms with van der Waals surface area (Å²) in [7, 11) is 0. The Balaban J connectivity index is 1.95. The molecule has 3 rings (SSSR count). The summed E-state index contributed by atoms with van der Waals surface area (Å²) >= 11 is 1.47. The second kappa shape index (κ2) is 6.12. The highest BCUT2D eigenvalue weighted by Gasteiger charge is 2.08. The predicted octanol–water partition coefficient (Wildman–Crippen LogP) is 4.27. The zero-order chi connectivity index (χ0) is 14.5. The molecule has 0 atom stereocenters. The second-order valence-electron chi connectivity index (χ2n) is 4.36. The van der Waals surface area contributed by atoms with Gasteiger partial charge in [0.25, 0.3) is 0 Å². The summed E-state index contributed by atoms with van der Waals surface area (Å²) < 4.78 is 0. The molecule has 4 heteroatoms. The van der Waals surface area contributed by atoms with E-state index in [1.54, 1.807) is 18.5 Å². The van der Waals surface area contributed by atoms with Gasteiger partial charge in [-0.15, -0.1) is 11.3 Å². The van der Waals surface area contributed by atoms with E-state index in [2.05, 4.69) is 16.0 Å². The Labute approximate surface area is 126 Å². The van der Waals surface area contributed by atoms with Gasteiger partial charge in [0.05, 0.1) is 11.3 Å². The minimum absolute atomic E-state index is 0.551. The average molecular weight is 289 g/mol. The minimum Gasteiger partial charge on any atom is -0.264 e. The van der Waals surface area contributed by atoms with Crippen molar-refractivity contribution in [1.29, 1.82) is 5.26 Å². The van der Waals surface area contributed by atoms with Gasteiger partial charge in [0.1, 0.15) is 11.1 Å². The molecule has 0 amide bonds. The molecular formula is C17H11N3S. The first-order chi connectivity index (χ1) is 10.4. The molecule has 3 aromatic rings. The summed E-state index contributed by atoms with van der Waals surface area (Å²) in [6.45, 7) is 0. The standard InChI is InChI=1S/C17H11N3S/c18-10-15(9-13-5-4-8-19-11-13)17-20-16(12-21-17)14-6-2-1-3-7-14/h1-9,11-12H/b15-9+. The molecular weight excluding hydrogens is 278 g/mol. The van der Waals surface area contributed by atoms with Gasteiger partial charge >= 0.3 is 0 Å².